The second-order valence-corrected chi connectivity index (χ2v) is 12.3. The number of sulfonamides is 1. The highest BCUT2D eigenvalue weighted by Crippen LogP contribution is 2.30. The highest BCUT2D eigenvalue weighted by Gasteiger charge is 2.29. The zero-order valence-corrected chi connectivity index (χ0v) is 25.1. The molecule has 42 heavy (non-hydrogen) atoms. The van der Waals surface area contributed by atoms with Gasteiger partial charge in [-0.1, -0.05) is 18.2 Å². The van der Waals surface area contributed by atoms with Gasteiger partial charge in [-0.2, -0.15) is 10.1 Å². The SMILES string of the molecule is Cc1cccc(C)c1-c1cc(OC2CCN(C(=O)c3ccc(OC(C)C)cc3)C2)nc(NS(=O)(=O)c2cnn(C)c2)n1. The number of benzene rings is 2. The first-order chi connectivity index (χ1) is 20.0. The van der Waals surface area contributed by atoms with Crippen LogP contribution in [0.3, 0.4) is 0 Å². The Kier molecular flexibility index (Phi) is 8.17. The van der Waals surface area contributed by atoms with Crippen molar-refractivity contribution < 1.29 is 22.7 Å². The van der Waals surface area contributed by atoms with E-state index in [9.17, 15) is 13.2 Å². The summed E-state index contributed by atoms with van der Waals surface area (Å²) in [7, 11) is -2.36. The van der Waals surface area contributed by atoms with Gasteiger partial charge in [0.2, 0.25) is 11.8 Å². The first kappa shape index (κ1) is 29.1. The molecule has 3 heterocycles. The largest absolute Gasteiger partial charge is 0.491 e. The molecule has 1 N–H and O–H groups in total. The van der Waals surface area contributed by atoms with Crippen LogP contribution in [0.1, 0.15) is 41.8 Å². The molecule has 1 atom stereocenters. The minimum atomic E-state index is -3.99. The van der Waals surface area contributed by atoms with Gasteiger partial charge in [-0.05, 0) is 63.1 Å². The molecule has 11 nitrogen and oxygen atoms in total. The first-order valence-electron chi connectivity index (χ1n) is 13.7. The molecule has 5 rings (SSSR count). The van der Waals surface area contributed by atoms with Crippen molar-refractivity contribution in [1.29, 1.82) is 0 Å². The lowest BCUT2D eigenvalue weighted by molar-refractivity contribution is 0.0771. The van der Waals surface area contributed by atoms with Gasteiger partial charge in [0, 0.05) is 43.4 Å². The molecular formula is C30H34N6O5S. The molecule has 2 aromatic heterocycles. The summed E-state index contributed by atoms with van der Waals surface area (Å²) in [4.78, 5) is 23.8. The number of anilines is 1. The zero-order valence-electron chi connectivity index (χ0n) is 24.2. The topological polar surface area (TPSA) is 129 Å². The van der Waals surface area contributed by atoms with E-state index in [0.717, 1.165) is 16.7 Å². The number of ether oxygens (including phenoxy) is 2. The second kappa shape index (κ2) is 11.8. The summed E-state index contributed by atoms with van der Waals surface area (Å²) < 4.78 is 41.9. The van der Waals surface area contributed by atoms with E-state index < -0.39 is 10.0 Å². The van der Waals surface area contributed by atoms with Crippen molar-refractivity contribution in [2.24, 2.45) is 7.05 Å². The molecule has 0 spiro atoms. The van der Waals surface area contributed by atoms with Gasteiger partial charge in [0.25, 0.3) is 15.9 Å². The molecule has 1 unspecified atom stereocenters. The van der Waals surface area contributed by atoms with Gasteiger partial charge in [0.05, 0.1) is 24.5 Å². The third-order valence-electron chi connectivity index (χ3n) is 6.85. The van der Waals surface area contributed by atoms with Crippen LogP contribution >= 0.6 is 0 Å². The summed E-state index contributed by atoms with van der Waals surface area (Å²) in [5.74, 6) is 0.702. The number of carbonyl (C=O) groups excluding carboxylic acids is 1. The molecule has 0 saturated carbocycles. The molecule has 1 saturated heterocycles. The number of nitrogens with one attached hydrogen (secondary N) is 1. The highest BCUT2D eigenvalue weighted by atomic mass is 32.2. The number of nitrogens with zero attached hydrogens (tertiary/aromatic N) is 5. The van der Waals surface area contributed by atoms with Crippen molar-refractivity contribution in [3.8, 4) is 22.9 Å². The van der Waals surface area contributed by atoms with Crippen molar-refractivity contribution >= 4 is 21.9 Å². The fraction of sp³-hybridized carbons (Fsp3) is 0.333. The van der Waals surface area contributed by atoms with Gasteiger partial charge in [-0.15, -0.1) is 0 Å². The first-order valence-corrected chi connectivity index (χ1v) is 15.2. The third-order valence-corrected chi connectivity index (χ3v) is 8.13. The third kappa shape index (κ3) is 6.54. The van der Waals surface area contributed by atoms with Crippen LogP contribution in [-0.4, -0.2) is 64.3 Å². The number of hydrogen-bond acceptors (Lipinski definition) is 8. The van der Waals surface area contributed by atoms with E-state index in [1.54, 1.807) is 42.3 Å². The number of hydrogen-bond donors (Lipinski definition) is 1. The van der Waals surface area contributed by atoms with Crippen LogP contribution in [0.5, 0.6) is 11.6 Å². The summed E-state index contributed by atoms with van der Waals surface area (Å²) >= 11 is 0. The summed E-state index contributed by atoms with van der Waals surface area (Å²) in [5, 5.41) is 3.95. The molecule has 12 heteroatoms. The monoisotopic (exact) mass is 590 g/mol. The van der Waals surface area contributed by atoms with E-state index in [1.807, 2.05) is 45.9 Å². The minimum Gasteiger partial charge on any atom is -0.491 e. The van der Waals surface area contributed by atoms with Gasteiger partial charge >= 0.3 is 0 Å². The normalized spacial score (nSPS) is 15.2. The van der Waals surface area contributed by atoms with Crippen molar-refractivity contribution in [3.05, 3.63) is 77.6 Å². The van der Waals surface area contributed by atoms with E-state index in [1.165, 1.54) is 17.1 Å². The number of aromatic nitrogens is 4. The van der Waals surface area contributed by atoms with E-state index in [4.69, 9.17) is 9.47 Å². The van der Waals surface area contributed by atoms with E-state index in [2.05, 4.69) is 19.8 Å². The molecule has 2 aromatic carbocycles. The Hall–Kier alpha value is -4.45. The average molecular weight is 591 g/mol. The van der Waals surface area contributed by atoms with Crippen LogP contribution in [-0.2, 0) is 17.1 Å². The Morgan fingerprint density at radius 3 is 2.43 bits per heavy atom. The maximum absolute atomic E-state index is 13.2. The fourth-order valence-corrected chi connectivity index (χ4v) is 5.83. The van der Waals surface area contributed by atoms with Crippen LogP contribution in [0.4, 0.5) is 5.95 Å². The number of carbonyl (C=O) groups is 1. The van der Waals surface area contributed by atoms with Gasteiger partial charge in [-0.3, -0.25) is 9.48 Å². The number of likely N-dealkylation sites (tertiary alicyclic amines) is 1. The Labute approximate surface area is 245 Å². The van der Waals surface area contributed by atoms with E-state index in [0.29, 0.717) is 36.5 Å². The fourth-order valence-electron chi connectivity index (χ4n) is 4.90. The molecule has 1 amide bonds. The standard InChI is InChI=1S/C30H34N6O5S/c1-19(2)40-23-11-9-22(10-12-23)29(37)36-14-13-24(17-36)41-27-15-26(28-20(3)7-6-8-21(28)4)32-30(33-27)34-42(38,39)25-16-31-35(5)18-25/h6-12,15-16,18-19,24H,13-14,17H2,1-5H3,(H,32,33,34). The molecule has 0 aliphatic carbocycles. The molecule has 1 aliphatic heterocycles. The number of amides is 1. The van der Waals surface area contributed by atoms with Crippen LogP contribution < -0.4 is 14.2 Å². The predicted molar refractivity (Wildman–Crippen MR) is 158 cm³/mol. The van der Waals surface area contributed by atoms with E-state index in [-0.39, 0.29) is 34.8 Å². The van der Waals surface area contributed by atoms with Crippen LogP contribution in [0, 0.1) is 13.8 Å². The molecule has 0 radical (unpaired) electrons. The molecule has 1 fully saturated rings. The van der Waals surface area contributed by atoms with Crippen molar-refractivity contribution in [2.75, 3.05) is 17.8 Å². The van der Waals surface area contributed by atoms with Crippen LogP contribution in [0.15, 0.2) is 65.8 Å². The van der Waals surface area contributed by atoms with Crippen LogP contribution in [0.2, 0.25) is 0 Å². The van der Waals surface area contributed by atoms with E-state index >= 15 is 0 Å². The second-order valence-electron chi connectivity index (χ2n) is 10.6. The lowest BCUT2D eigenvalue weighted by atomic mass is 10.00. The maximum atomic E-state index is 13.2. The lowest BCUT2D eigenvalue weighted by Gasteiger charge is -2.18. The molecule has 4 aromatic rings. The smallest absolute Gasteiger partial charge is 0.267 e. The zero-order chi connectivity index (χ0) is 30.0. The van der Waals surface area contributed by atoms with Crippen molar-refractivity contribution in [3.63, 3.8) is 0 Å². The van der Waals surface area contributed by atoms with Gasteiger partial charge in [-0.25, -0.2) is 18.1 Å². The summed E-state index contributed by atoms with van der Waals surface area (Å²) in [6.07, 6.45) is 2.96. The van der Waals surface area contributed by atoms with Gasteiger partial charge in [0.1, 0.15) is 16.7 Å². The molecule has 1 aliphatic rings. The minimum absolute atomic E-state index is 0.0118. The average Bonchev–Trinajstić information content (AvgIpc) is 3.57. The summed E-state index contributed by atoms with van der Waals surface area (Å²) in [6, 6.07) is 14.7. The number of rotatable bonds is 9. The summed E-state index contributed by atoms with van der Waals surface area (Å²) in [5.41, 5.74) is 3.90. The van der Waals surface area contributed by atoms with Gasteiger partial charge < -0.3 is 14.4 Å². The Morgan fingerprint density at radius 1 is 1.07 bits per heavy atom. The Morgan fingerprint density at radius 2 is 1.79 bits per heavy atom. The van der Waals surface area contributed by atoms with Crippen molar-refractivity contribution in [1.82, 2.24) is 24.6 Å². The van der Waals surface area contributed by atoms with Crippen molar-refractivity contribution in [2.45, 2.75) is 51.2 Å². The predicted octanol–water partition coefficient (Wildman–Crippen LogP) is 4.38. The quantitative estimate of drug-likeness (QED) is 0.304. The summed E-state index contributed by atoms with van der Waals surface area (Å²) in [6.45, 7) is 8.71. The number of aryl methyl sites for hydroxylation is 3. The highest BCUT2D eigenvalue weighted by molar-refractivity contribution is 7.92. The van der Waals surface area contributed by atoms with Crippen LogP contribution in [0.25, 0.3) is 11.3 Å². The lowest BCUT2D eigenvalue weighted by Crippen LogP contribution is -2.31. The molecular weight excluding hydrogens is 556 g/mol. The Balaban J connectivity index is 1.38. The molecule has 220 valence electrons. The van der Waals surface area contributed by atoms with Gasteiger partial charge in [0.15, 0.2) is 0 Å². The maximum Gasteiger partial charge on any atom is 0.267 e. The Bertz CT molecular complexity index is 1680. The molecule has 0 bridgehead atoms.